The SMILES string of the molecule is C=C(/C=C(/F)C/C(=C\C)OC)C(C)=O. The number of Topliss-reactive ketones (excluding diaryl/α,β-unsaturated/α-hetero) is 1. The van der Waals surface area contributed by atoms with Crippen molar-refractivity contribution >= 4 is 5.78 Å². The molecule has 3 heteroatoms. The van der Waals surface area contributed by atoms with Gasteiger partial charge in [0.2, 0.25) is 0 Å². The normalized spacial score (nSPS) is 12.6. The van der Waals surface area contributed by atoms with Crippen LogP contribution in [-0.4, -0.2) is 12.9 Å². The minimum absolute atomic E-state index is 0.0549. The number of ketones is 1. The third kappa shape index (κ3) is 4.60. The Kier molecular flexibility index (Phi) is 5.53. The Labute approximate surface area is 83.8 Å². The maximum atomic E-state index is 13.2. The molecule has 0 radical (unpaired) electrons. The van der Waals surface area contributed by atoms with E-state index in [9.17, 15) is 9.18 Å². The van der Waals surface area contributed by atoms with Gasteiger partial charge < -0.3 is 4.74 Å². The summed E-state index contributed by atoms with van der Waals surface area (Å²) in [6, 6.07) is 0. The highest BCUT2D eigenvalue weighted by Crippen LogP contribution is 2.14. The fourth-order valence-electron chi connectivity index (χ4n) is 0.800. The molecule has 0 fully saturated rings. The van der Waals surface area contributed by atoms with E-state index >= 15 is 0 Å². The van der Waals surface area contributed by atoms with Crippen LogP contribution in [0.3, 0.4) is 0 Å². The van der Waals surface area contributed by atoms with Crippen LogP contribution in [0.25, 0.3) is 0 Å². The first kappa shape index (κ1) is 12.6. The van der Waals surface area contributed by atoms with Crippen LogP contribution in [0.5, 0.6) is 0 Å². The largest absolute Gasteiger partial charge is 0.501 e. The lowest BCUT2D eigenvalue weighted by Crippen LogP contribution is -1.93. The molecule has 14 heavy (non-hydrogen) atoms. The molecular formula is C11H15FO2. The molecule has 0 bridgehead atoms. The van der Waals surface area contributed by atoms with Crippen molar-refractivity contribution in [2.24, 2.45) is 0 Å². The summed E-state index contributed by atoms with van der Waals surface area (Å²) in [5.41, 5.74) is 0.161. The first-order valence-corrected chi connectivity index (χ1v) is 4.26. The van der Waals surface area contributed by atoms with Crippen molar-refractivity contribution in [2.45, 2.75) is 20.3 Å². The maximum Gasteiger partial charge on any atom is 0.159 e. The lowest BCUT2D eigenvalue weighted by molar-refractivity contribution is -0.113. The van der Waals surface area contributed by atoms with E-state index in [1.807, 2.05) is 0 Å². The molecule has 0 atom stereocenters. The molecule has 0 aromatic carbocycles. The minimum Gasteiger partial charge on any atom is -0.501 e. The number of carbonyl (C=O) groups is 1. The van der Waals surface area contributed by atoms with Crippen LogP contribution < -0.4 is 0 Å². The molecule has 0 unspecified atom stereocenters. The molecule has 0 saturated carbocycles. The lowest BCUT2D eigenvalue weighted by atomic mass is 10.1. The van der Waals surface area contributed by atoms with Crippen LogP contribution in [0.4, 0.5) is 4.39 Å². The predicted octanol–water partition coefficient (Wildman–Crippen LogP) is 2.93. The fraction of sp³-hybridized carbons (Fsp3) is 0.364. The summed E-state index contributed by atoms with van der Waals surface area (Å²) in [6.45, 7) is 6.53. The number of hydrogen-bond acceptors (Lipinski definition) is 2. The van der Waals surface area contributed by atoms with Gasteiger partial charge in [0.15, 0.2) is 5.78 Å². The summed E-state index contributed by atoms with van der Waals surface area (Å²) in [5, 5.41) is 0. The topological polar surface area (TPSA) is 26.3 Å². The Morgan fingerprint density at radius 1 is 1.57 bits per heavy atom. The van der Waals surface area contributed by atoms with E-state index in [4.69, 9.17) is 4.74 Å². The Morgan fingerprint density at radius 3 is 2.50 bits per heavy atom. The lowest BCUT2D eigenvalue weighted by Gasteiger charge is -2.03. The quantitative estimate of drug-likeness (QED) is 0.385. The van der Waals surface area contributed by atoms with Gasteiger partial charge in [0.05, 0.1) is 19.3 Å². The van der Waals surface area contributed by atoms with E-state index in [-0.39, 0.29) is 17.8 Å². The Morgan fingerprint density at radius 2 is 2.14 bits per heavy atom. The van der Waals surface area contributed by atoms with Crippen molar-refractivity contribution in [3.05, 3.63) is 35.9 Å². The van der Waals surface area contributed by atoms with Crippen molar-refractivity contribution in [1.29, 1.82) is 0 Å². The molecule has 0 aliphatic carbocycles. The zero-order valence-electron chi connectivity index (χ0n) is 8.76. The number of methoxy groups -OCH3 is 1. The highest BCUT2D eigenvalue weighted by atomic mass is 19.1. The molecule has 0 aliphatic rings. The van der Waals surface area contributed by atoms with E-state index in [1.165, 1.54) is 14.0 Å². The van der Waals surface area contributed by atoms with Gasteiger partial charge in [-0.15, -0.1) is 0 Å². The molecule has 0 aliphatic heterocycles. The average molecular weight is 198 g/mol. The number of allylic oxidation sites excluding steroid dienone is 4. The molecule has 0 aromatic rings. The molecule has 0 N–H and O–H groups in total. The number of carbonyl (C=O) groups excluding carboxylic acids is 1. The van der Waals surface area contributed by atoms with Gasteiger partial charge in [-0.25, -0.2) is 4.39 Å². The number of hydrogen-bond donors (Lipinski definition) is 0. The molecule has 0 saturated heterocycles. The van der Waals surface area contributed by atoms with Crippen molar-refractivity contribution in [3.8, 4) is 0 Å². The second-order valence-electron chi connectivity index (χ2n) is 2.81. The van der Waals surface area contributed by atoms with Crippen LogP contribution in [-0.2, 0) is 9.53 Å². The first-order valence-electron chi connectivity index (χ1n) is 4.26. The minimum atomic E-state index is -0.430. The van der Waals surface area contributed by atoms with E-state index < -0.39 is 5.83 Å². The summed E-state index contributed by atoms with van der Waals surface area (Å²) in [7, 11) is 1.47. The average Bonchev–Trinajstić information content (AvgIpc) is 2.13. The highest BCUT2D eigenvalue weighted by molar-refractivity contribution is 5.95. The van der Waals surface area contributed by atoms with Gasteiger partial charge in [0, 0.05) is 5.57 Å². The molecule has 0 aromatic heterocycles. The summed E-state index contributed by atoms with van der Waals surface area (Å²) in [6.07, 6.45) is 2.86. The molecule has 0 spiro atoms. The Balaban J connectivity index is 4.41. The van der Waals surface area contributed by atoms with Crippen LogP contribution in [0.2, 0.25) is 0 Å². The van der Waals surface area contributed by atoms with Crippen LogP contribution in [0.1, 0.15) is 20.3 Å². The van der Waals surface area contributed by atoms with E-state index in [0.29, 0.717) is 5.76 Å². The van der Waals surface area contributed by atoms with Gasteiger partial charge in [-0.3, -0.25) is 4.79 Å². The van der Waals surface area contributed by atoms with Gasteiger partial charge >= 0.3 is 0 Å². The van der Waals surface area contributed by atoms with Crippen molar-refractivity contribution in [1.82, 2.24) is 0 Å². The molecule has 0 amide bonds. The van der Waals surface area contributed by atoms with Gasteiger partial charge in [0.25, 0.3) is 0 Å². The zero-order valence-corrected chi connectivity index (χ0v) is 8.76. The smallest absolute Gasteiger partial charge is 0.159 e. The predicted molar refractivity (Wildman–Crippen MR) is 54.4 cm³/mol. The molecular weight excluding hydrogens is 183 g/mol. The number of halogens is 1. The van der Waals surface area contributed by atoms with E-state index in [0.717, 1.165) is 6.08 Å². The van der Waals surface area contributed by atoms with Crippen molar-refractivity contribution in [3.63, 3.8) is 0 Å². The Bertz CT molecular complexity index is 288. The summed E-state index contributed by atoms with van der Waals surface area (Å²) in [5.74, 6) is -0.144. The van der Waals surface area contributed by atoms with Crippen LogP contribution in [0.15, 0.2) is 35.9 Å². The van der Waals surface area contributed by atoms with Gasteiger partial charge in [-0.05, 0) is 26.0 Å². The van der Waals surface area contributed by atoms with Gasteiger partial charge in [0.1, 0.15) is 5.83 Å². The third-order valence-electron chi connectivity index (χ3n) is 1.71. The second kappa shape index (κ2) is 6.13. The van der Waals surface area contributed by atoms with Crippen molar-refractivity contribution in [2.75, 3.05) is 7.11 Å². The van der Waals surface area contributed by atoms with Crippen LogP contribution >= 0.6 is 0 Å². The standard InChI is InChI=1S/C11H15FO2/c1-5-11(14-4)7-10(12)6-8(2)9(3)13/h5-6H,2,7H2,1,3-4H3/b10-6+,11-5+. The monoisotopic (exact) mass is 198 g/mol. The van der Waals surface area contributed by atoms with Gasteiger partial charge in [-0.2, -0.15) is 0 Å². The zero-order chi connectivity index (χ0) is 11.1. The number of rotatable bonds is 5. The second-order valence-corrected chi connectivity index (χ2v) is 2.81. The third-order valence-corrected chi connectivity index (χ3v) is 1.71. The summed E-state index contributed by atoms with van der Waals surface area (Å²) in [4.78, 5) is 10.7. The molecule has 0 heterocycles. The van der Waals surface area contributed by atoms with E-state index in [1.54, 1.807) is 13.0 Å². The maximum absolute atomic E-state index is 13.2. The van der Waals surface area contributed by atoms with E-state index in [2.05, 4.69) is 6.58 Å². The fourth-order valence-corrected chi connectivity index (χ4v) is 0.800. The van der Waals surface area contributed by atoms with Crippen molar-refractivity contribution < 1.29 is 13.9 Å². The van der Waals surface area contributed by atoms with Crippen LogP contribution in [0, 0.1) is 0 Å². The molecule has 0 rings (SSSR count). The molecule has 2 nitrogen and oxygen atoms in total. The summed E-state index contributed by atoms with van der Waals surface area (Å²) < 4.78 is 18.0. The number of ether oxygens (including phenoxy) is 1. The first-order chi connectivity index (χ1) is 6.51. The van der Waals surface area contributed by atoms with Gasteiger partial charge in [-0.1, -0.05) is 6.58 Å². The Hall–Kier alpha value is -1.38. The molecule has 78 valence electrons. The summed E-state index contributed by atoms with van der Waals surface area (Å²) >= 11 is 0. The highest BCUT2D eigenvalue weighted by Gasteiger charge is 2.03.